The predicted molar refractivity (Wildman–Crippen MR) is 158 cm³/mol. The van der Waals surface area contributed by atoms with Crippen LogP contribution in [0.2, 0.25) is 0 Å². The van der Waals surface area contributed by atoms with Crippen LogP contribution < -0.4 is 10.1 Å². The van der Waals surface area contributed by atoms with Crippen molar-refractivity contribution < 1.29 is 14.1 Å². The Morgan fingerprint density at radius 1 is 1.00 bits per heavy atom. The molecule has 210 valence electrons. The van der Waals surface area contributed by atoms with Crippen LogP contribution in [0.3, 0.4) is 0 Å². The van der Waals surface area contributed by atoms with E-state index in [2.05, 4.69) is 57.9 Å². The number of anilines is 1. The minimum absolute atomic E-state index is 0.120. The number of methoxy groups -OCH3 is 1. The van der Waals surface area contributed by atoms with Gasteiger partial charge in [0.2, 0.25) is 5.91 Å². The summed E-state index contributed by atoms with van der Waals surface area (Å²) in [6, 6.07) is 15.0. The van der Waals surface area contributed by atoms with Crippen LogP contribution in [-0.4, -0.2) is 23.2 Å². The first-order valence-corrected chi connectivity index (χ1v) is 15.0. The van der Waals surface area contributed by atoms with Gasteiger partial charge in [0.25, 0.3) is 5.89 Å². The van der Waals surface area contributed by atoms with Crippen LogP contribution in [0.15, 0.2) is 47.0 Å². The van der Waals surface area contributed by atoms with E-state index in [1.807, 2.05) is 19.1 Å². The Morgan fingerprint density at radius 3 is 2.38 bits per heavy atom. The molecule has 2 bridgehead atoms. The van der Waals surface area contributed by atoms with Crippen LogP contribution in [0.1, 0.15) is 99.0 Å². The molecule has 1 aromatic heterocycles. The SMILES string of the molecule is COc1ccc(C23CCC(Cc4c(/C=C/c5nc(C)no5)cccc4NC(=O)C4CCCCC4)(CC2)CC3)cc1. The number of nitrogens with one attached hydrogen (secondary N) is 1. The van der Waals surface area contributed by atoms with E-state index in [0.29, 0.717) is 11.7 Å². The summed E-state index contributed by atoms with van der Waals surface area (Å²) in [5, 5.41) is 7.30. The molecule has 4 fully saturated rings. The molecule has 1 amide bonds. The fourth-order valence-corrected chi connectivity index (χ4v) is 7.50. The van der Waals surface area contributed by atoms with Gasteiger partial charge in [-0.3, -0.25) is 4.79 Å². The summed E-state index contributed by atoms with van der Waals surface area (Å²) in [5.74, 6) is 2.34. The number of carbonyl (C=O) groups is 1. The van der Waals surface area contributed by atoms with Gasteiger partial charge in [-0.15, -0.1) is 0 Å². The number of rotatable bonds is 8. The second-order valence-corrected chi connectivity index (χ2v) is 12.4. The molecule has 0 unspecified atom stereocenters. The molecule has 4 aliphatic carbocycles. The lowest BCUT2D eigenvalue weighted by Gasteiger charge is -2.54. The second kappa shape index (κ2) is 11.2. The van der Waals surface area contributed by atoms with Crippen molar-refractivity contribution in [1.29, 1.82) is 0 Å². The van der Waals surface area contributed by atoms with Crippen molar-refractivity contribution in [3.8, 4) is 5.75 Å². The van der Waals surface area contributed by atoms with Gasteiger partial charge in [0.05, 0.1) is 7.11 Å². The number of aromatic nitrogens is 2. The molecule has 3 aromatic rings. The Morgan fingerprint density at radius 2 is 1.73 bits per heavy atom. The Hall–Kier alpha value is -3.41. The Labute approximate surface area is 237 Å². The van der Waals surface area contributed by atoms with Crippen molar-refractivity contribution in [3.05, 3.63) is 70.9 Å². The van der Waals surface area contributed by atoms with Gasteiger partial charge in [-0.1, -0.05) is 48.7 Å². The highest BCUT2D eigenvalue weighted by Gasteiger charge is 2.49. The first-order chi connectivity index (χ1) is 19.5. The standard InChI is InChI=1S/C34H41N3O3/c1-24-35-31(40-37-24)16-11-25-9-6-10-30(36-32(38)26-7-4-3-5-8-26)29(25)23-33-17-20-34(21-18-33,22-19-33)27-12-14-28(39-2)15-13-27/h6,9-16,26H,3-5,7-8,17-23H2,1-2H3,(H,36,38)/b16-11+. The number of hydrogen-bond donors (Lipinski definition) is 1. The molecule has 4 aliphatic rings. The molecule has 0 aliphatic heterocycles. The lowest BCUT2D eigenvalue weighted by Crippen LogP contribution is -2.45. The second-order valence-electron chi connectivity index (χ2n) is 12.4. The number of aryl methyl sites for hydroxylation is 1. The van der Waals surface area contributed by atoms with Gasteiger partial charge >= 0.3 is 0 Å². The van der Waals surface area contributed by atoms with Gasteiger partial charge in [0, 0.05) is 17.7 Å². The highest BCUT2D eigenvalue weighted by molar-refractivity contribution is 5.94. The van der Waals surface area contributed by atoms with Gasteiger partial charge in [-0.25, -0.2) is 0 Å². The molecule has 40 heavy (non-hydrogen) atoms. The molecule has 4 saturated carbocycles. The zero-order valence-corrected chi connectivity index (χ0v) is 23.9. The van der Waals surface area contributed by atoms with E-state index < -0.39 is 0 Å². The first-order valence-electron chi connectivity index (χ1n) is 15.0. The van der Waals surface area contributed by atoms with E-state index in [-0.39, 0.29) is 22.7 Å². The number of amides is 1. The van der Waals surface area contributed by atoms with Gasteiger partial charge in [0.15, 0.2) is 5.82 Å². The third-order valence-electron chi connectivity index (χ3n) is 10.1. The molecule has 6 heteroatoms. The maximum atomic E-state index is 13.3. The molecule has 1 heterocycles. The number of nitrogens with zero attached hydrogens (tertiary/aromatic N) is 2. The zero-order valence-electron chi connectivity index (χ0n) is 23.9. The fraction of sp³-hybridized carbons (Fsp3) is 0.500. The number of ether oxygens (including phenoxy) is 1. The average Bonchev–Trinajstić information content (AvgIpc) is 3.43. The molecule has 6 nitrogen and oxygen atoms in total. The minimum Gasteiger partial charge on any atom is -0.497 e. The van der Waals surface area contributed by atoms with Crippen LogP contribution in [0.5, 0.6) is 5.75 Å². The number of carbonyl (C=O) groups excluding carboxylic acids is 1. The van der Waals surface area contributed by atoms with Crippen LogP contribution in [0.4, 0.5) is 5.69 Å². The fourth-order valence-electron chi connectivity index (χ4n) is 7.50. The molecule has 0 atom stereocenters. The molecule has 7 rings (SSSR count). The normalized spacial score (nSPS) is 24.9. The summed E-state index contributed by atoms with van der Waals surface area (Å²) in [6.07, 6.45) is 17.7. The van der Waals surface area contributed by atoms with Gasteiger partial charge in [-0.05, 0) is 117 Å². The molecule has 0 saturated heterocycles. The van der Waals surface area contributed by atoms with E-state index in [4.69, 9.17) is 9.26 Å². The van der Waals surface area contributed by atoms with Crippen molar-refractivity contribution in [2.45, 2.75) is 89.4 Å². The maximum Gasteiger partial charge on any atom is 0.250 e. The molecule has 1 N–H and O–H groups in total. The van der Waals surface area contributed by atoms with Gasteiger partial charge < -0.3 is 14.6 Å². The summed E-state index contributed by atoms with van der Waals surface area (Å²) in [4.78, 5) is 17.7. The quantitative estimate of drug-likeness (QED) is 0.315. The molecule has 2 aromatic carbocycles. The van der Waals surface area contributed by atoms with Gasteiger partial charge in [-0.2, -0.15) is 4.98 Å². The minimum atomic E-state index is 0.120. The summed E-state index contributed by atoms with van der Waals surface area (Å²) in [6.45, 7) is 1.82. The lowest BCUT2D eigenvalue weighted by molar-refractivity contribution is -0.120. The van der Waals surface area contributed by atoms with E-state index >= 15 is 0 Å². The van der Waals surface area contributed by atoms with Crippen molar-refractivity contribution >= 4 is 23.7 Å². The third-order valence-corrected chi connectivity index (χ3v) is 10.1. The van der Waals surface area contributed by atoms with E-state index in [1.165, 1.54) is 56.1 Å². The summed E-state index contributed by atoms with van der Waals surface area (Å²) in [7, 11) is 1.73. The predicted octanol–water partition coefficient (Wildman–Crippen LogP) is 7.91. The maximum absolute atomic E-state index is 13.3. The van der Waals surface area contributed by atoms with Crippen LogP contribution in [0, 0.1) is 18.3 Å². The number of hydrogen-bond acceptors (Lipinski definition) is 5. The Bertz CT molecular complexity index is 1340. The number of fused-ring (bicyclic) bond motifs is 3. The van der Waals surface area contributed by atoms with E-state index in [1.54, 1.807) is 7.11 Å². The van der Waals surface area contributed by atoms with Crippen LogP contribution in [-0.2, 0) is 16.6 Å². The van der Waals surface area contributed by atoms with Crippen LogP contribution in [0.25, 0.3) is 12.2 Å². The highest BCUT2D eigenvalue weighted by Crippen LogP contribution is 2.59. The monoisotopic (exact) mass is 539 g/mol. The molecular formula is C34H41N3O3. The van der Waals surface area contributed by atoms with Crippen molar-refractivity contribution in [2.24, 2.45) is 11.3 Å². The smallest absolute Gasteiger partial charge is 0.250 e. The van der Waals surface area contributed by atoms with E-state index in [0.717, 1.165) is 49.1 Å². The topological polar surface area (TPSA) is 77.2 Å². The van der Waals surface area contributed by atoms with Crippen molar-refractivity contribution in [3.63, 3.8) is 0 Å². The van der Waals surface area contributed by atoms with Crippen LogP contribution >= 0.6 is 0 Å². The first kappa shape index (κ1) is 26.8. The average molecular weight is 540 g/mol. The summed E-state index contributed by atoms with van der Waals surface area (Å²) < 4.78 is 10.7. The third kappa shape index (κ3) is 5.45. The number of benzene rings is 2. The Kier molecular flexibility index (Phi) is 7.52. The van der Waals surface area contributed by atoms with E-state index in [9.17, 15) is 4.79 Å². The lowest BCUT2D eigenvalue weighted by atomic mass is 9.50. The zero-order chi connectivity index (χ0) is 27.6. The Balaban J connectivity index is 1.26. The van der Waals surface area contributed by atoms with Gasteiger partial charge in [0.1, 0.15) is 5.75 Å². The summed E-state index contributed by atoms with van der Waals surface area (Å²) in [5.41, 5.74) is 5.30. The molecular weight excluding hydrogens is 498 g/mol. The largest absolute Gasteiger partial charge is 0.497 e. The highest BCUT2D eigenvalue weighted by atomic mass is 16.5. The van der Waals surface area contributed by atoms with Crippen molar-refractivity contribution in [1.82, 2.24) is 10.1 Å². The molecule has 0 spiro atoms. The molecule has 0 radical (unpaired) electrons. The summed E-state index contributed by atoms with van der Waals surface area (Å²) >= 11 is 0. The van der Waals surface area contributed by atoms with Crippen molar-refractivity contribution in [2.75, 3.05) is 12.4 Å².